The van der Waals surface area contributed by atoms with E-state index >= 15 is 0 Å². The lowest BCUT2D eigenvalue weighted by Crippen LogP contribution is -2.40. The van der Waals surface area contributed by atoms with Crippen molar-refractivity contribution in [3.63, 3.8) is 0 Å². The Kier molecular flexibility index (Phi) is 4.59. The van der Waals surface area contributed by atoms with Crippen LogP contribution in [0.1, 0.15) is 55.0 Å². The van der Waals surface area contributed by atoms with E-state index < -0.39 is 0 Å². The van der Waals surface area contributed by atoms with E-state index in [2.05, 4.69) is 25.6 Å². The van der Waals surface area contributed by atoms with Crippen molar-refractivity contribution < 1.29 is 4.79 Å². The summed E-state index contributed by atoms with van der Waals surface area (Å²) in [6.45, 7) is 0.765. The predicted molar refractivity (Wildman–Crippen MR) is 119 cm³/mol. The van der Waals surface area contributed by atoms with E-state index in [9.17, 15) is 4.79 Å². The van der Waals surface area contributed by atoms with Gasteiger partial charge in [-0.2, -0.15) is 4.98 Å². The zero-order valence-electron chi connectivity index (χ0n) is 17.1. The Hall–Kier alpha value is -3.01. The first-order valence-corrected chi connectivity index (χ1v) is 11.8. The van der Waals surface area contributed by atoms with Crippen LogP contribution in [0.25, 0.3) is 0 Å². The van der Waals surface area contributed by atoms with Crippen LogP contribution in [0.2, 0.25) is 0 Å². The fourth-order valence-electron chi connectivity index (χ4n) is 4.52. The van der Waals surface area contributed by atoms with Crippen molar-refractivity contribution in [2.75, 3.05) is 22.1 Å². The van der Waals surface area contributed by atoms with Crippen LogP contribution in [0.15, 0.2) is 17.8 Å². The number of anilines is 4. The van der Waals surface area contributed by atoms with Gasteiger partial charge in [0, 0.05) is 35.3 Å². The molecule has 160 valence electrons. The molecule has 1 saturated carbocycles. The van der Waals surface area contributed by atoms with Crippen LogP contribution < -0.4 is 15.5 Å². The van der Waals surface area contributed by atoms with Crippen molar-refractivity contribution in [2.24, 2.45) is 0 Å². The predicted octanol–water partition coefficient (Wildman–Crippen LogP) is 3.37. The monoisotopic (exact) mass is 436 g/mol. The molecule has 3 N–H and O–H groups in total. The van der Waals surface area contributed by atoms with Gasteiger partial charge in [-0.3, -0.25) is 4.79 Å². The lowest BCUT2D eigenvalue weighted by Gasteiger charge is -2.24. The molecule has 10 heteroatoms. The first kappa shape index (κ1) is 18.7. The number of aromatic amines is 1. The van der Waals surface area contributed by atoms with Gasteiger partial charge in [0.05, 0.1) is 11.9 Å². The van der Waals surface area contributed by atoms with Gasteiger partial charge in [-0.25, -0.2) is 15.0 Å². The second kappa shape index (κ2) is 7.60. The Morgan fingerprint density at radius 1 is 1.16 bits per heavy atom. The van der Waals surface area contributed by atoms with E-state index in [0.29, 0.717) is 17.0 Å². The molecule has 1 aliphatic heterocycles. The molecule has 0 bridgehead atoms. The highest BCUT2D eigenvalue weighted by Crippen LogP contribution is 2.39. The highest BCUT2D eigenvalue weighted by atomic mass is 32.1. The number of thiazole rings is 1. The molecule has 3 aromatic rings. The molecule has 9 nitrogen and oxygen atoms in total. The molecule has 3 aromatic heterocycles. The van der Waals surface area contributed by atoms with E-state index in [1.165, 1.54) is 29.9 Å². The highest BCUT2D eigenvalue weighted by Gasteiger charge is 2.34. The molecule has 3 aliphatic rings. The van der Waals surface area contributed by atoms with Gasteiger partial charge < -0.3 is 20.5 Å². The number of carbonyl (C=O) groups excluding carboxylic acids is 1. The number of H-pyrrole nitrogens is 1. The summed E-state index contributed by atoms with van der Waals surface area (Å²) in [5, 5.41) is 8.81. The summed E-state index contributed by atoms with van der Waals surface area (Å²) >= 11 is 1.42. The number of nitrogens with zero attached hydrogens (tertiary/aromatic N) is 5. The average molecular weight is 437 g/mol. The minimum Gasteiger partial charge on any atom is -0.329 e. The topological polar surface area (TPSA) is 112 Å². The van der Waals surface area contributed by atoms with Crippen molar-refractivity contribution in [2.45, 2.75) is 56.9 Å². The molecule has 1 amide bonds. The summed E-state index contributed by atoms with van der Waals surface area (Å²) in [6.07, 6.45) is 10.8. The van der Waals surface area contributed by atoms with Gasteiger partial charge in [0.1, 0.15) is 11.9 Å². The Labute approximate surface area is 183 Å². The SMILES string of the molecule is O=C(Nc1nccs1)[C@@H]1CCCN1c1nc2c(c(Nc3ncc(C4CC4)[nH]3)n1)CCC2. The van der Waals surface area contributed by atoms with Crippen molar-refractivity contribution in [3.05, 3.63) is 34.7 Å². The lowest BCUT2D eigenvalue weighted by atomic mass is 10.2. The maximum atomic E-state index is 12.9. The number of imidazole rings is 1. The Bertz CT molecular complexity index is 1110. The van der Waals surface area contributed by atoms with Gasteiger partial charge in [0.25, 0.3) is 0 Å². The molecular weight excluding hydrogens is 412 g/mol. The van der Waals surface area contributed by atoms with Crippen molar-refractivity contribution in [3.8, 4) is 0 Å². The third-order valence-electron chi connectivity index (χ3n) is 6.25. The van der Waals surface area contributed by atoms with Crippen LogP contribution in [-0.2, 0) is 17.6 Å². The smallest absolute Gasteiger partial charge is 0.248 e. The van der Waals surface area contributed by atoms with E-state index in [1.54, 1.807) is 6.20 Å². The number of hydrogen-bond donors (Lipinski definition) is 3. The minimum absolute atomic E-state index is 0.0498. The van der Waals surface area contributed by atoms with Gasteiger partial charge in [0.2, 0.25) is 17.8 Å². The summed E-state index contributed by atoms with van der Waals surface area (Å²) < 4.78 is 0. The van der Waals surface area contributed by atoms with Crippen LogP contribution in [0, 0.1) is 0 Å². The molecule has 4 heterocycles. The molecule has 0 radical (unpaired) electrons. The molecule has 2 aliphatic carbocycles. The largest absolute Gasteiger partial charge is 0.329 e. The zero-order chi connectivity index (χ0) is 20.8. The van der Waals surface area contributed by atoms with Crippen LogP contribution in [0.3, 0.4) is 0 Å². The molecule has 6 rings (SSSR count). The molecule has 1 saturated heterocycles. The third-order valence-corrected chi connectivity index (χ3v) is 6.93. The van der Waals surface area contributed by atoms with Crippen LogP contribution >= 0.6 is 11.3 Å². The number of amides is 1. The molecule has 0 unspecified atom stereocenters. The van der Waals surface area contributed by atoms with Gasteiger partial charge in [-0.05, 0) is 44.9 Å². The van der Waals surface area contributed by atoms with Gasteiger partial charge in [-0.15, -0.1) is 11.3 Å². The van der Waals surface area contributed by atoms with Gasteiger partial charge in [0.15, 0.2) is 5.13 Å². The molecule has 2 fully saturated rings. The maximum absolute atomic E-state index is 12.9. The minimum atomic E-state index is -0.290. The summed E-state index contributed by atoms with van der Waals surface area (Å²) in [5.41, 5.74) is 3.43. The van der Waals surface area contributed by atoms with E-state index in [4.69, 9.17) is 9.97 Å². The second-order valence-electron chi connectivity index (χ2n) is 8.42. The molecule has 0 aromatic carbocycles. The van der Waals surface area contributed by atoms with Crippen molar-refractivity contribution >= 4 is 40.1 Å². The fourth-order valence-corrected chi connectivity index (χ4v) is 5.05. The average Bonchev–Trinajstić information content (AvgIpc) is 3.27. The third kappa shape index (κ3) is 3.65. The normalized spacial score (nSPS) is 20.1. The highest BCUT2D eigenvalue weighted by molar-refractivity contribution is 7.13. The van der Waals surface area contributed by atoms with Crippen molar-refractivity contribution in [1.29, 1.82) is 0 Å². The molecule has 0 spiro atoms. The summed E-state index contributed by atoms with van der Waals surface area (Å²) in [6, 6.07) is -0.290. The molecule has 31 heavy (non-hydrogen) atoms. The van der Waals surface area contributed by atoms with E-state index in [0.717, 1.165) is 61.7 Å². The number of carbonyl (C=O) groups is 1. The van der Waals surface area contributed by atoms with Crippen LogP contribution in [0.4, 0.5) is 22.8 Å². The molecular formula is C21H24N8OS. The number of fused-ring (bicyclic) bond motifs is 1. The summed E-state index contributed by atoms with van der Waals surface area (Å²) in [7, 11) is 0. The summed E-state index contributed by atoms with van der Waals surface area (Å²) in [5.74, 6) is 2.72. The number of aromatic nitrogens is 5. The number of aryl methyl sites for hydroxylation is 1. The van der Waals surface area contributed by atoms with Gasteiger partial charge in [-0.1, -0.05) is 0 Å². The van der Waals surface area contributed by atoms with Crippen molar-refractivity contribution in [1.82, 2.24) is 24.9 Å². The lowest BCUT2D eigenvalue weighted by molar-refractivity contribution is -0.117. The molecule has 1 atom stereocenters. The van der Waals surface area contributed by atoms with E-state index in [1.807, 2.05) is 16.5 Å². The zero-order valence-corrected chi connectivity index (χ0v) is 17.9. The Morgan fingerprint density at radius 3 is 2.94 bits per heavy atom. The van der Waals surface area contributed by atoms with Crippen LogP contribution in [-0.4, -0.2) is 43.4 Å². The summed E-state index contributed by atoms with van der Waals surface area (Å²) in [4.78, 5) is 36.7. The first-order chi connectivity index (χ1) is 15.2. The second-order valence-corrected chi connectivity index (χ2v) is 9.31. The number of hydrogen-bond acceptors (Lipinski definition) is 8. The van der Waals surface area contributed by atoms with Crippen LogP contribution in [0.5, 0.6) is 0 Å². The quantitative estimate of drug-likeness (QED) is 0.543. The maximum Gasteiger partial charge on any atom is 0.248 e. The fraction of sp³-hybridized carbons (Fsp3) is 0.476. The van der Waals surface area contributed by atoms with E-state index in [-0.39, 0.29) is 11.9 Å². The first-order valence-electron chi connectivity index (χ1n) is 10.9. The van der Waals surface area contributed by atoms with Gasteiger partial charge >= 0.3 is 0 Å². The Morgan fingerprint density at radius 2 is 2.10 bits per heavy atom. The number of rotatable bonds is 6. The standard InChI is InChI=1S/C21H24N8OS/c30-18(28-21-22-8-10-31-21)16-5-2-9-29(16)20-25-14-4-1-3-13(14)17(27-20)26-19-23-11-15(24-19)12-6-7-12/h8,10-12,16H,1-7,9H2,(H,22,28,30)(H2,23,24,25,26,27)/t16-/m0/s1. The Balaban J connectivity index is 1.27. The number of nitrogens with one attached hydrogen (secondary N) is 3.